The fraction of sp³-hybridized carbons (Fsp3) is 0.538. The van der Waals surface area contributed by atoms with Gasteiger partial charge in [0, 0.05) is 38.6 Å². The molecule has 0 amide bonds. The van der Waals surface area contributed by atoms with Crippen LogP contribution in [0.2, 0.25) is 0 Å². The Balaban J connectivity index is 1.15. The molecule has 2 atom stereocenters. The molecule has 1 aliphatic carbocycles. The molecule has 0 unspecified atom stereocenters. The van der Waals surface area contributed by atoms with E-state index in [1.165, 1.54) is 63.1 Å². The molecule has 4 nitrogen and oxygen atoms in total. The van der Waals surface area contributed by atoms with Crippen LogP contribution >= 0.6 is 0 Å². The van der Waals surface area contributed by atoms with E-state index in [1.807, 2.05) is 6.07 Å². The van der Waals surface area contributed by atoms with E-state index in [2.05, 4.69) is 58.1 Å². The van der Waals surface area contributed by atoms with Crippen molar-refractivity contribution in [2.24, 2.45) is 0 Å². The molecule has 1 spiro atoms. The number of fused-ring (bicyclic) bond motifs is 3. The Bertz CT molecular complexity index is 953. The number of ether oxygens (including phenoxy) is 1. The van der Waals surface area contributed by atoms with Crippen LogP contribution in [-0.4, -0.2) is 56.8 Å². The van der Waals surface area contributed by atoms with Crippen LogP contribution in [0.1, 0.15) is 42.7 Å². The van der Waals surface area contributed by atoms with E-state index in [0.29, 0.717) is 17.5 Å². The minimum atomic E-state index is 0.425. The topological polar surface area (TPSA) is 19.0 Å². The average Bonchev–Trinajstić information content (AvgIpc) is 3.49. The molecule has 3 heterocycles. The van der Waals surface area contributed by atoms with E-state index < -0.39 is 0 Å². The Morgan fingerprint density at radius 2 is 2.00 bits per heavy atom. The van der Waals surface area contributed by atoms with Crippen molar-refractivity contribution >= 4 is 11.4 Å². The zero-order valence-electron chi connectivity index (χ0n) is 18.3. The number of nitrogens with zero attached hydrogens (tertiary/aromatic N) is 3. The number of benzene rings is 2. The molecule has 4 heteroatoms. The zero-order valence-corrected chi connectivity index (χ0v) is 18.3. The summed E-state index contributed by atoms with van der Waals surface area (Å²) in [6, 6.07) is 16.3. The third-order valence-electron chi connectivity index (χ3n) is 8.23. The summed E-state index contributed by atoms with van der Waals surface area (Å²) >= 11 is 0. The summed E-state index contributed by atoms with van der Waals surface area (Å²) in [6.45, 7) is 4.89. The van der Waals surface area contributed by atoms with Crippen LogP contribution < -0.4 is 14.5 Å². The lowest BCUT2D eigenvalue weighted by atomic mass is 9.89. The summed E-state index contributed by atoms with van der Waals surface area (Å²) in [4.78, 5) is 8.14. The van der Waals surface area contributed by atoms with Crippen LogP contribution in [0.4, 0.5) is 11.4 Å². The number of likely N-dealkylation sites (tertiary alicyclic amines) is 1. The second-order valence-electron chi connectivity index (χ2n) is 9.84. The summed E-state index contributed by atoms with van der Waals surface area (Å²) in [5, 5.41) is 0. The smallest absolute Gasteiger partial charge is 0.119 e. The molecule has 0 radical (unpaired) electrons. The molecule has 30 heavy (non-hydrogen) atoms. The summed E-state index contributed by atoms with van der Waals surface area (Å²) < 4.78 is 5.38. The molecular weight excluding hydrogens is 370 g/mol. The third kappa shape index (κ3) is 2.84. The van der Waals surface area contributed by atoms with Gasteiger partial charge in [-0.25, -0.2) is 0 Å². The number of likely N-dealkylation sites (N-methyl/N-ethyl adjacent to an activating group) is 1. The average molecular weight is 404 g/mol. The lowest BCUT2D eigenvalue weighted by Gasteiger charge is -2.46. The first kappa shape index (κ1) is 18.6. The van der Waals surface area contributed by atoms with Gasteiger partial charge in [-0.1, -0.05) is 24.3 Å². The number of aryl methyl sites for hydroxylation is 1. The monoisotopic (exact) mass is 403 g/mol. The van der Waals surface area contributed by atoms with Crippen LogP contribution in [0.25, 0.3) is 0 Å². The fourth-order valence-electron chi connectivity index (χ4n) is 6.33. The normalized spacial score (nSPS) is 25.9. The first-order valence-corrected chi connectivity index (χ1v) is 11.7. The van der Waals surface area contributed by atoms with Crippen molar-refractivity contribution in [3.63, 3.8) is 0 Å². The largest absolute Gasteiger partial charge is 0.497 e. The van der Waals surface area contributed by atoms with Crippen LogP contribution in [0.5, 0.6) is 5.75 Å². The molecule has 2 aromatic carbocycles. The quantitative estimate of drug-likeness (QED) is 0.741. The van der Waals surface area contributed by atoms with Crippen molar-refractivity contribution in [1.29, 1.82) is 0 Å². The summed E-state index contributed by atoms with van der Waals surface area (Å²) in [6.07, 6.45) is 6.36. The van der Waals surface area contributed by atoms with E-state index in [1.54, 1.807) is 18.4 Å². The predicted octanol–water partition coefficient (Wildman–Crippen LogP) is 4.29. The van der Waals surface area contributed by atoms with Crippen molar-refractivity contribution in [1.82, 2.24) is 4.90 Å². The molecule has 1 saturated heterocycles. The van der Waals surface area contributed by atoms with Crippen molar-refractivity contribution in [2.45, 2.75) is 49.6 Å². The predicted molar refractivity (Wildman–Crippen MR) is 123 cm³/mol. The number of para-hydroxylation sites is 1. The second kappa shape index (κ2) is 6.91. The molecule has 1 saturated carbocycles. The fourth-order valence-corrected chi connectivity index (χ4v) is 6.33. The molecule has 0 aromatic heterocycles. The van der Waals surface area contributed by atoms with Gasteiger partial charge >= 0.3 is 0 Å². The lowest BCUT2D eigenvalue weighted by molar-refractivity contribution is 0.190. The molecule has 3 aliphatic heterocycles. The number of hydrogen-bond acceptors (Lipinski definition) is 4. The van der Waals surface area contributed by atoms with Crippen LogP contribution in [-0.2, 0) is 6.42 Å². The van der Waals surface area contributed by atoms with E-state index in [4.69, 9.17) is 4.74 Å². The standard InChI is InChI=1S/C26H33N3O/c1-27-24-10-4-9-21-22-17-28(14-5-7-19-6-3-8-20(16-19)30-2)15-11-23(22)29(25(21)24)18-26(27)12-13-26/h3-4,6,8-10,16,22-23H,5,7,11-15,17-18H2,1-2H3/t22-,23-/m0/s1. The van der Waals surface area contributed by atoms with Gasteiger partial charge in [0.1, 0.15) is 5.75 Å². The van der Waals surface area contributed by atoms with Crippen LogP contribution in [0.15, 0.2) is 42.5 Å². The first-order chi connectivity index (χ1) is 14.7. The van der Waals surface area contributed by atoms with E-state index in [9.17, 15) is 0 Å². The molecule has 0 bridgehead atoms. The van der Waals surface area contributed by atoms with Gasteiger partial charge in [-0.3, -0.25) is 0 Å². The van der Waals surface area contributed by atoms with Crippen molar-refractivity contribution in [3.8, 4) is 5.75 Å². The number of methoxy groups -OCH3 is 1. The zero-order chi connectivity index (χ0) is 20.3. The minimum Gasteiger partial charge on any atom is -0.497 e. The van der Waals surface area contributed by atoms with Crippen molar-refractivity contribution in [2.75, 3.05) is 50.1 Å². The van der Waals surface area contributed by atoms with Gasteiger partial charge in [0.15, 0.2) is 0 Å². The summed E-state index contributed by atoms with van der Waals surface area (Å²) in [5.74, 6) is 1.64. The van der Waals surface area contributed by atoms with Crippen LogP contribution in [0.3, 0.4) is 0 Å². The highest BCUT2D eigenvalue weighted by Crippen LogP contribution is 2.57. The van der Waals surface area contributed by atoms with E-state index in [-0.39, 0.29) is 0 Å². The summed E-state index contributed by atoms with van der Waals surface area (Å²) in [5.41, 5.74) is 6.46. The van der Waals surface area contributed by atoms with Gasteiger partial charge in [-0.05, 0) is 68.0 Å². The number of hydrogen-bond donors (Lipinski definition) is 0. The highest BCUT2D eigenvalue weighted by Gasteiger charge is 2.56. The molecule has 158 valence electrons. The maximum absolute atomic E-state index is 5.38. The molecule has 2 fully saturated rings. The Kier molecular flexibility index (Phi) is 4.28. The highest BCUT2D eigenvalue weighted by atomic mass is 16.5. The van der Waals surface area contributed by atoms with Crippen molar-refractivity contribution in [3.05, 3.63) is 53.6 Å². The Hall–Kier alpha value is -2.20. The van der Waals surface area contributed by atoms with Crippen molar-refractivity contribution < 1.29 is 4.74 Å². The minimum absolute atomic E-state index is 0.425. The van der Waals surface area contributed by atoms with Crippen LogP contribution in [0, 0.1) is 0 Å². The van der Waals surface area contributed by atoms with E-state index >= 15 is 0 Å². The maximum Gasteiger partial charge on any atom is 0.119 e. The van der Waals surface area contributed by atoms with Gasteiger partial charge in [0.25, 0.3) is 0 Å². The Morgan fingerprint density at radius 3 is 2.83 bits per heavy atom. The molecule has 0 N–H and O–H groups in total. The summed E-state index contributed by atoms with van der Waals surface area (Å²) in [7, 11) is 4.07. The van der Waals surface area contributed by atoms with E-state index in [0.717, 1.165) is 12.2 Å². The molecular formula is C26H33N3O. The SMILES string of the molecule is COc1cccc(CCCN2CC[C@H]3[C@@H](C2)c2cccc4c2N3CC2(CC2)N4C)c1. The van der Waals surface area contributed by atoms with Gasteiger partial charge in [0.05, 0.1) is 24.0 Å². The number of anilines is 2. The Labute approximate surface area is 180 Å². The second-order valence-corrected chi connectivity index (χ2v) is 9.84. The maximum atomic E-state index is 5.38. The number of piperidine rings is 1. The van der Waals surface area contributed by atoms with Gasteiger partial charge in [-0.2, -0.15) is 0 Å². The molecule has 2 aromatic rings. The van der Waals surface area contributed by atoms with Gasteiger partial charge in [-0.15, -0.1) is 0 Å². The third-order valence-corrected chi connectivity index (χ3v) is 8.23. The lowest BCUT2D eigenvalue weighted by Crippen LogP contribution is -2.54. The molecule has 4 aliphatic rings. The highest BCUT2D eigenvalue weighted by molar-refractivity contribution is 5.82. The Morgan fingerprint density at radius 1 is 1.13 bits per heavy atom. The van der Waals surface area contributed by atoms with Gasteiger partial charge in [0.2, 0.25) is 0 Å². The van der Waals surface area contributed by atoms with Gasteiger partial charge < -0.3 is 19.4 Å². The first-order valence-electron chi connectivity index (χ1n) is 11.7. The number of rotatable bonds is 5. The molecule has 6 rings (SSSR count).